The number of hydrogen-bond acceptors (Lipinski definition) is 2. The van der Waals surface area contributed by atoms with Gasteiger partial charge in [0.1, 0.15) is 5.25 Å². The van der Waals surface area contributed by atoms with E-state index in [9.17, 15) is 8.42 Å². The van der Waals surface area contributed by atoms with Gasteiger partial charge in [0.15, 0.2) is 0 Å². The fourth-order valence-corrected chi connectivity index (χ4v) is 2.07. The van der Waals surface area contributed by atoms with Crippen molar-refractivity contribution in [3.63, 3.8) is 0 Å². The lowest BCUT2D eigenvalue weighted by Gasteiger charge is -2.10. The first-order valence-electron chi connectivity index (χ1n) is 5.36. The molecule has 90 valence electrons. The Hall–Kier alpha value is -0.870. The molecule has 0 aliphatic carbocycles. The predicted octanol–water partition coefficient (Wildman–Crippen LogP) is 2.83. The van der Waals surface area contributed by atoms with Crippen LogP contribution in [-0.2, 0) is 16.5 Å². The zero-order chi connectivity index (χ0) is 12.3. The normalized spacial score (nSPS) is 14.1. The van der Waals surface area contributed by atoms with Crippen molar-refractivity contribution in [3.05, 3.63) is 35.4 Å². The summed E-state index contributed by atoms with van der Waals surface area (Å²) in [4.78, 5) is 0. The van der Waals surface area contributed by atoms with Crippen LogP contribution in [-0.4, -0.2) is 13.0 Å². The van der Waals surface area contributed by atoms with Gasteiger partial charge in [-0.25, -0.2) is 0 Å². The average Bonchev–Trinajstić information content (AvgIpc) is 2.15. The summed E-state index contributed by atoms with van der Waals surface area (Å²) in [7, 11) is -3.99. The van der Waals surface area contributed by atoms with Crippen LogP contribution in [0.25, 0.3) is 0 Å². The first-order valence-corrected chi connectivity index (χ1v) is 6.86. The molecular weight excluding hydrogens is 224 g/mol. The van der Waals surface area contributed by atoms with Gasteiger partial charge in [0, 0.05) is 0 Å². The second-order valence-electron chi connectivity index (χ2n) is 4.50. The van der Waals surface area contributed by atoms with Crippen molar-refractivity contribution >= 4 is 10.1 Å². The first kappa shape index (κ1) is 13.2. The highest BCUT2D eigenvalue weighted by atomic mass is 32.2. The standard InChI is InChI=1S/C12H18O3S/c1-9(2)8-11-4-6-12(7-5-11)10(3)16(13,14)15/h4-7,9-10H,8H2,1-3H3,(H,13,14,15). The van der Waals surface area contributed by atoms with Crippen molar-refractivity contribution in [2.75, 3.05) is 0 Å². The Balaban J connectivity index is 2.87. The molecule has 0 aliphatic heterocycles. The summed E-state index contributed by atoms with van der Waals surface area (Å²) in [5, 5.41) is -0.861. The SMILES string of the molecule is CC(C)Cc1ccc(C(C)S(=O)(=O)O)cc1. The minimum absolute atomic E-state index is 0.574. The fraction of sp³-hybridized carbons (Fsp3) is 0.500. The van der Waals surface area contributed by atoms with Crippen molar-refractivity contribution < 1.29 is 13.0 Å². The molecule has 3 nitrogen and oxygen atoms in total. The maximum atomic E-state index is 10.9. The van der Waals surface area contributed by atoms with Gasteiger partial charge >= 0.3 is 0 Å². The van der Waals surface area contributed by atoms with E-state index < -0.39 is 15.4 Å². The number of rotatable bonds is 4. The van der Waals surface area contributed by atoms with Gasteiger partial charge in [-0.1, -0.05) is 38.1 Å². The highest BCUT2D eigenvalue weighted by Crippen LogP contribution is 2.21. The Labute approximate surface area is 97.2 Å². The minimum atomic E-state index is -3.99. The largest absolute Gasteiger partial charge is 0.285 e. The monoisotopic (exact) mass is 242 g/mol. The second-order valence-corrected chi connectivity index (χ2v) is 6.23. The smallest absolute Gasteiger partial charge is 0.271 e. The number of hydrogen-bond donors (Lipinski definition) is 1. The molecule has 1 atom stereocenters. The molecule has 16 heavy (non-hydrogen) atoms. The van der Waals surface area contributed by atoms with Gasteiger partial charge < -0.3 is 0 Å². The Morgan fingerprint density at radius 1 is 1.12 bits per heavy atom. The zero-order valence-corrected chi connectivity index (χ0v) is 10.7. The van der Waals surface area contributed by atoms with Crippen molar-refractivity contribution in [2.24, 2.45) is 5.92 Å². The van der Waals surface area contributed by atoms with Crippen molar-refractivity contribution in [3.8, 4) is 0 Å². The molecule has 0 heterocycles. The molecular formula is C12H18O3S. The third kappa shape index (κ3) is 3.61. The second kappa shape index (κ2) is 4.97. The Bertz CT molecular complexity index is 432. The van der Waals surface area contributed by atoms with Crippen LogP contribution in [0.5, 0.6) is 0 Å². The maximum Gasteiger partial charge on any atom is 0.271 e. The van der Waals surface area contributed by atoms with E-state index in [1.54, 1.807) is 12.1 Å². The molecule has 0 spiro atoms. The third-order valence-electron chi connectivity index (χ3n) is 2.54. The molecule has 0 radical (unpaired) electrons. The predicted molar refractivity (Wildman–Crippen MR) is 64.9 cm³/mol. The van der Waals surface area contributed by atoms with E-state index in [1.165, 1.54) is 12.5 Å². The quantitative estimate of drug-likeness (QED) is 0.826. The van der Waals surface area contributed by atoms with Crippen LogP contribution in [0.4, 0.5) is 0 Å². The lowest BCUT2D eigenvalue weighted by Crippen LogP contribution is -2.08. The summed E-state index contributed by atoms with van der Waals surface area (Å²) in [5.74, 6) is 0.574. The Morgan fingerprint density at radius 2 is 1.62 bits per heavy atom. The molecule has 0 aliphatic rings. The summed E-state index contributed by atoms with van der Waals surface area (Å²) >= 11 is 0. The molecule has 0 amide bonds. The van der Waals surface area contributed by atoms with Gasteiger partial charge in [-0.15, -0.1) is 0 Å². The number of benzene rings is 1. The van der Waals surface area contributed by atoms with Crippen molar-refractivity contribution in [2.45, 2.75) is 32.4 Å². The summed E-state index contributed by atoms with van der Waals surface area (Å²) in [6, 6.07) is 7.35. The molecule has 1 rings (SSSR count). The zero-order valence-electron chi connectivity index (χ0n) is 9.84. The first-order chi connectivity index (χ1) is 7.30. The van der Waals surface area contributed by atoms with Crippen LogP contribution in [0.2, 0.25) is 0 Å². The molecule has 1 unspecified atom stereocenters. The van der Waals surface area contributed by atoms with Gasteiger partial charge in [0.05, 0.1) is 0 Å². The minimum Gasteiger partial charge on any atom is -0.285 e. The van der Waals surface area contributed by atoms with Gasteiger partial charge in [-0.2, -0.15) is 8.42 Å². The molecule has 4 heteroatoms. The highest BCUT2D eigenvalue weighted by molar-refractivity contribution is 7.86. The van der Waals surface area contributed by atoms with E-state index in [1.807, 2.05) is 12.1 Å². The van der Waals surface area contributed by atoms with Crippen LogP contribution in [0.15, 0.2) is 24.3 Å². The summed E-state index contributed by atoms with van der Waals surface area (Å²) < 4.78 is 30.8. The molecule has 0 aromatic heterocycles. The van der Waals surface area contributed by atoms with E-state index >= 15 is 0 Å². The summed E-state index contributed by atoms with van der Waals surface area (Å²) in [5.41, 5.74) is 1.80. The third-order valence-corrected chi connectivity index (χ3v) is 3.71. The molecule has 0 fully saturated rings. The molecule has 0 saturated carbocycles. The Kier molecular flexibility index (Phi) is 4.10. The van der Waals surface area contributed by atoms with Crippen LogP contribution < -0.4 is 0 Å². The van der Waals surface area contributed by atoms with E-state index in [0.29, 0.717) is 11.5 Å². The highest BCUT2D eigenvalue weighted by Gasteiger charge is 2.18. The van der Waals surface area contributed by atoms with E-state index in [-0.39, 0.29) is 0 Å². The van der Waals surface area contributed by atoms with Crippen LogP contribution in [0.1, 0.15) is 37.1 Å². The van der Waals surface area contributed by atoms with Crippen molar-refractivity contribution in [1.29, 1.82) is 0 Å². The summed E-state index contributed by atoms with van der Waals surface area (Å²) in [6.45, 7) is 5.75. The Morgan fingerprint density at radius 3 is 2.00 bits per heavy atom. The van der Waals surface area contributed by atoms with Crippen LogP contribution >= 0.6 is 0 Å². The maximum absolute atomic E-state index is 10.9. The van der Waals surface area contributed by atoms with Gasteiger partial charge in [-0.3, -0.25) is 4.55 Å². The van der Waals surface area contributed by atoms with Crippen LogP contribution in [0.3, 0.4) is 0 Å². The van der Waals surface area contributed by atoms with Gasteiger partial charge in [0.25, 0.3) is 10.1 Å². The molecule has 0 bridgehead atoms. The molecule has 1 aromatic rings. The van der Waals surface area contributed by atoms with E-state index in [0.717, 1.165) is 6.42 Å². The van der Waals surface area contributed by atoms with Gasteiger partial charge in [0.2, 0.25) is 0 Å². The average molecular weight is 242 g/mol. The van der Waals surface area contributed by atoms with E-state index in [4.69, 9.17) is 4.55 Å². The lowest BCUT2D eigenvalue weighted by atomic mass is 10.0. The van der Waals surface area contributed by atoms with Gasteiger partial charge in [-0.05, 0) is 30.4 Å². The van der Waals surface area contributed by atoms with Crippen LogP contribution in [0, 0.1) is 5.92 Å². The lowest BCUT2D eigenvalue weighted by molar-refractivity contribution is 0.472. The topological polar surface area (TPSA) is 54.4 Å². The molecule has 0 saturated heterocycles. The van der Waals surface area contributed by atoms with Crippen molar-refractivity contribution in [1.82, 2.24) is 0 Å². The molecule has 1 N–H and O–H groups in total. The fourth-order valence-electron chi connectivity index (χ4n) is 1.57. The van der Waals surface area contributed by atoms with E-state index in [2.05, 4.69) is 13.8 Å². The summed E-state index contributed by atoms with van der Waals surface area (Å²) in [6.07, 6.45) is 0.973. The molecule has 1 aromatic carbocycles.